The molecule has 3 heterocycles. The van der Waals surface area contributed by atoms with Crippen molar-refractivity contribution >= 4 is 41.8 Å². The molecule has 1 atom stereocenters. The highest BCUT2D eigenvalue weighted by atomic mass is 127. The highest BCUT2D eigenvalue weighted by molar-refractivity contribution is 14.0. The number of ether oxygens (including phenoxy) is 1. The van der Waals surface area contributed by atoms with Gasteiger partial charge in [0.15, 0.2) is 5.96 Å². The average molecular weight is 559 g/mol. The van der Waals surface area contributed by atoms with Gasteiger partial charge in [-0.2, -0.15) is 0 Å². The molecular formula is C23H39IN6O2. The first-order chi connectivity index (χ1) is 14.9. The van der Waals surface area contributed by atoms with E-state index >= 15 is 0 Å². The summed E-state index contributed by atoms with van der Waals surface area (Å²) in [4.78, 5) is 28.3. The highest BCUT2D eigenvalue weighted by Crippen LogP contribution is 2.20. The lowest BCUT2D eigenvalue weighted by Gasteiger charge is -2.37. The summed E-state index contributed by atoms with van der Waals surface area (Å²) in [6.07, 6.45) is 3.73. The zero-order chi connectivity index (χ0) is 22.3. The van der Waals surface area contributed by atoms with Gasteiger partial charge in [0, 0.05) is 58.6 Å². The van der Waals surface area contributed by atoms with Crippen molar-refractivity contribution in [3.63, 3.8) is 0 Å². The first-order valence-electron chi connectivity index (χ1n) is 11.5. The number of piperidine rings is 1. The Morgan fingerprint density at radius 2 is 1.94 bits per heavy atom. The number of halogens is 1. The summed E-state index contributed by atoms with van der Waals surface area (Å²) >= 11 is 0. The number of nitrogens with zero attached hydrogens (tertiary/aromatic N) is 5. The standard InChI is InChI=1S/C23H38N6O2.HI/c1-5-24-21(28-15-13-27(14-16-28)20-10-6-7-11-25-20)26-17-19-9-8-12-29(18-19)22(30)31-23(2,3)4;/h6-7,10-11,19H,5,8-9,12-18H2,1-4H3,(H,24,26);1H. The number of carbonyl (C=O) groups excluding carboxylic acids is 1. The van der Waals surface area contributed by atoms with Crippen LogP contribution in [0.25, 0.3) is 0 Å². The molecule has 1 amide bonds. The molecule has 0 aromatic carbocycles. The molecular weight excluding hydrogens is 519 g/mol. The second kappa shape index (κ2) is 12.5. The zero-order valence-electron chi connectivity index (χ0n) is 19.9. The molecule has 0 radical (unpaired) electrons. The predicted octanol–water partition coefficient (Wildman–Crippen LogP) is 3.43. The van der Waals surface area contributed by atoms with Gasteiger partial charge in [-0.3, -0.25) is 4.99 Å². The van der Waals surface area contributed by atoms with Crippen LogP contribution in [0.5, 0.6) is 0 Å². The van der Waals surface area contributed by atoms with Gasteiger partial charge in [-0.05, 0) is 58.6 Å². The van der Waals surface area contributed by atoms with Crippen molar-refractivity contribution in [1.82, 2.24) is 20.1 Å². The van der Waals surface area contributed by atoms with Crippen molar-refractivity contribution in [2.75, 3.05) is 57.3 Å². The highest BCUT2D eigenvalue weighted by Gasteiger charge is 2.28. The fraction of sp³-hybridized carbons (Fsp3) is 0.696. The molecule has 2 aliphatic rings. The summed E-state index contributed by atoms with van der Waals surface area (Å²) in [5, 5.41) is 3.45. The monoisotopic (exact) mass is 558 g/mol. The molecule has 1 aromatic heterocycles. The molecule has 2 saturated heterocycles. The minimum absolute atomic E-state index is 0. The molecule has 3 rings (SSSR count). The third kappa shape index (κ3) is 7.97. The second-order valence-electron chi connectivity index (χ2n) is 9.29. The van der Waals surface area contributed by atoms with E-state index in [1.54, 1.807) is 0 Å². The summed E-state index contributed by atoms with van der Waals surface area (Å²) in [7, 11) is 0. The van der Waals surface area contributed by atoms with Gasteiger partial charge in [0.1, 0.15) is 11.4 Å². The Bertz CT molecular complexity index is 732. The number of likely N-dealkylation sites (tertiary alicyclic amines) is 1. The number of aliphatic imine (C=N–C) groups is 1. The van der Waals surface area contributed by atoms with Gasteiger partial charge in [0.05, 0.1) is 0 Å². The molecule has 1 unspecified atom stereocenters. The SMILES string of the molecule is CCNC(=NCC1CCCN(C(=O)OC(C)(C)C)C1)N1CCN(c2ccccn2)CC1.I. The van der Waals surface area contributed by atoms with Crippen molar-refractivity contribution in [2.24, 2.45) is 10.9 Å². The maximum Gasteiger partial charge on any atom is 0.410 e. The number of anilines is 1. The molecule has 1 aromatic rings. The average Bonchev–Trinajstić information content (AvgIpc) is 2.76. The normalized spacial score (nSPS) is 19.9. The number of amides is 1. The Morgan fingerprint density at radius 1 is 1.19 bits per heavy atom. The topological polar surface area (TPSA) is 73.3 Å². The van der Waals surface area contributed by atoms with Crippen LogP contribution in [0.15, 0.2) is 29.4 Å². The van der Waals surface area contributed by atoms with Crippen LogP contribution in [0.1, 0.15) is 40.5 Å². The lowest BCUT2D eigenvalue weighted by molar-refractivity contribution is 0.0170. The van der Waals surface area contributed by atoms with Crippen molar-refractivity contribution in [3.8, 4) is 0 Å². The summed E-state index contributed by atoms with van der Waals surface area (Å²) in [6, 6.07) is 6.05. The number of carbonyl (C=O) groups is 1. The Morgan fingerprint density at radius 3 is 2.56 bits per heavy atom. The molecule has 8 nitrogen and oxygen atoms in total. The van der Waals surface area contributed by atoms with Gasteiger partial charge in [-0.1, -0.05) is 6.07 Å². The molecule has 9 heteroatoms. The van der Waals surface area contributed by atoms with Gasteiger partial charge in [-0.25, -0.2) is 9.78 Å². The van der Waals surface area contributed by atoms with Gasteiger partial charge >= 0.3 is 6.09 Å². The molecule has 2 fully saturated rings. The quantitative estimate of drug-likeness (QED) is 0.347. The second-order valence-corrected chi connectivity index (χ2v) is 9.29. The molecule has 2 aliphatic heterocycles. The maximum atomic E-state index is 12.4. The lowest BCUT2D eigenvalue weighted by atomic mass is 9.98. The molecule has 0 spiro atoms. The van der Waals surface area contributed by atoms with Crippen LogP contribution in [0.3, 0.4) is 0 Å². The van der Waals surface area contributed by atoms with Crippen LogP contribution < -0.4 is 10.2 Å². The summed E-state index contributed by atoms with van der Waals surface area (Å²) in [5.74, 6) is 2.37. The van der Waals surface area contributed by atoms with E-state index in [1.165, 1.54) is 0 Å². The van der Waals surface area contributed by atoms with Gasteiger partial charge in [-0.15, -0.1) is 24.0 Å². The largest absolute Gasteiger partial charge is 0.444 e. The number of pyridine rings is 1. The predicted molar refractivity (Wildman–Crippen MR) is 140 cm³/mol. The van der Waals surface area contributed by atoms with E-state index in [0.29, 0.717) is 12.5 Å². The fourth-order valence-corrected chi connectivity index (χ4v) is 4.04. The number of aromatic nitrogens is 1. The molecule has 0 aliphatic carbocycles. The van der Waals surface area contributed by atoms with Crippen LogP contribution in [0, 0.1) is 5.92 Å². The van der Waals surface area contributed by atoms with E-state index < -0.39 is 5.60 Å². The van der Waals surface area contributed by atoms with Gasteiger partial charge < -0.3 is 24.8 Å². The Balaban J connectivity index is 0.00000363. The van der Waals surface area contributed by atoms with Crippen LogP contribution in [0.4, 0.5) is 10.6 Å². The summed E-state index contributed by atoms with van der Waals surface area (Å²) in [6.45, 7) is 14.6. The molecule has 0 bridgehead atoms. The van der Waals surface area contributed by atoms with E-state index in [9.17, 15) is 4.79 Å². The van der Waals surface area contributed by atoms with Crippen LogP contribution in [-0.4, -0.2) is 84.8 Å². The minimum Gasteiger partial charge on any atom is -0.444 e. The minimum atomic E-state index is -0.461. The van der Waals surface area contributed by atoms with Gasteiger partial charge in [0.2, 0.25) is 0 Å². The van der Waals surface area contributed by atoms with Gasteiger partial charge in [0.25, 0.3) is 0 Å². The summed E-state index contributed by atoms with van der Waals surface area (Å²) in [5.41, 5.74) is -0.461. The number of nitrogens with one attached hydrogen (secondary N) is 1. The number of guanidine groups is 1. The Kier molecular flexibility index (Phi) is 10.3. The molecule has 1 N–H and O–H groups in total. The maximum absolute atomic E-state index is 12.4. The number of piperazine rings is 1. The Hall–Kier alpha value is -1.78. The lowest BCUT2D eigenvalue weighted by Crippen LogP contribution is -2.53. The van der Waals surface area contributed by atoms with Crippen molar-refractivity contribution in [1.29, 1.82) is 0 Å². The van der Waals surface area contributed by atoms with E-state index in [-0.39, 0.29) is 30.1 Å². The molecule has 180 valence electrons. The third-order valence-corrected chi connectivity index (χ3v) is 5.56. The fourth-order valence-electron chi connectivity index (χ4n) is 4.04. The zero-order valence-corrected chi connectivity index (χ0v) is 22.2. The number of hydrogen-bond donors (Lipinski definition) is 1. The molecule has 0 saturated carbocycles. The van der Waals surface area contributed by atoms with Crippen LogP contribution >= 0.6 is 24.0 Å². The van der Waals surface area contributed by atoms with E-state index in [0.717, 1.165) is 70.4 Å². The van der Waals surface area contributed by atoms with E-state index in [4.69, 9.17) is 9.73 Å². The van der Waals surface area contributed by atoms with Crippen LogP contribution in [0.2, 0.25) is 0 Å². The first-order valence-corrected chi connectivity index (χ1v) is 11.5. The smallest absolute Gasteiger partial charge is 0.410 e. The number of hydrogen-bond acceptors (Lipinski definition) is 5. The first kappa shape index (κ1) is 26.5. The summed E-state index contributed by atoms with van der Waals surface area (Å²) < 4.78 is 5.55. The molecule has 32 heavy (non-hydrogen) atoms. The number of rotatable bonds is 4. The van der Waals surface area contributed by atoms with Crippen molar-refractivity contribution < 1.29 is 9.53 Å². The Labute approximate surface area is 209 Å². The van der Waals surface area contributed by atoms with Crippen molar-refractivity contribution in [2.45, 2.75) is 46.1 Å². The van der Waals surface area contributed by atoms with E-state index in [2.05, 4.69) is 33.1 Å². The van der Waals surface area contributed by atoms with Crippen molar-refractivity contribution in [3.05, 3.63) is 24.4 Å². The van der Waals surface area contributed by atoms with E-state index in [1.807, 2.05) is 44.0 Å². The van der Waals surface area contributed by atoms with Crippen LogP contribution in [-0.2, 0) is 4.74 Å². The third-order valence-electron chi connectivity index (χ3n) is 5.56.